The summed E-state index contributed by atoms with van der Waals surface area (Å²) < 4.78 is 40.6. The average molecular weight is 439 g/mol. The number of pyridine rings is 1. The van der Waals surface area contributed by atoms with E-state index < -0.39 is 10.0 Å². The number of aryl methyl sites for hydroxylation is 2. The van der Waals surface area contributed by atoms with Crippen LogP contribution >= 0.6 is 0 Å². The Kier molecular flexibility index (Phi) is 6.67. The molecule has 7 nitrogen and oxygen atoms in total. The number of aromatic nitrogens is 1. The van der Waals surface area contributed by atoms with Gasteiger partial charge in [0.2, 0.25) is 10.0 Å². The summed E-state index contributed by atoms with van der Waals surface area (Å²) in [7, 11) is -3.38. The topological polar surface area (TPSA) is 86.6 Å². The first kappa shape index (κ1) is 22.0. The third-order valence-corrected chi connectivity index (χ3v) is 7.38. The van der Waals surface area contributed by atoms with Crippen molar-refractivity contribution in [1.29, 1.82) is 0 Å². The van der Waals surface area contributed by atoms with Crippen LogP contribution in [0.25, 0.3) is 0 Å². The Labute approximate surface area is 179 Å². The molecule has 0 unspecified atom stereocenters. The molecule has 2 fully saturated rings. The Morgan fingerprint density at radius 1 is 1.00 bits per heavy atom. The predicted molar refractivity (Wildman–Crippen MR) is 115 cm³/mol. The number of ether oxygens (including phenoxy) is 2. The fraction of sp³-hybridized carbons (Fsp3) is 0.773. The molecule has 4 rings (SSSR count). The van der Waals surface area contributed by atoms with Gasteiger partial charge in [0.25, 0.3) is 5.56 Å². The Morgan fingerprint density at radius 3 is 2.23 bits per heavy atom. The first-order valence-electron chi connectivity index (χ1n) is 11.2. The molecule has 0 radical (unpaired) electrons. The molecular formula is C22H34N2O5S. The minimum absolute atomic E-state index is 0.0571. The summed E-state index contributed by atoms with van der Waals surface area (Å²) in [5.74, 6) is 0.784. The number of hydrogen-bond donors (Lipinski definition) is 1. The summed E-state index contributed by atoms with van der Waals surface area (Å²) in [5.41, 5.74) is 1.55. The third-order valence-electron chi connectivity index (χ3n) is 6.65. The lowest BCUT2D eigenvalue weighted by Crippen LogP contribution is -2.49. The largest absolute Gasteiger partial charge is 0.378 e. The summed E-state index contributed by atoms with van der Waals surface area (Å²) in [4.78, 5) is 12.9. The Hall–Kier alpha value is -1.22. The van der Waals surface area contributed by atoms with Crippen molar-refractivity contribution < 1.29 is 17.9 Å². The SMILES string of the molecule is Cc1ccc2n(c1=O)[C@@H](COC1CCC(OCC3CC3)CC1)[C@@H](NS(C)(=O)=O)CC2. The van der Waals surface area contributed by atoms with Gasteiger partial charge in [-0.15, -0.1) is 0 Å². The fourth-order valence-electron chi connectivity index (χ4n) is 4.70. The highest BCUT2D eigenvalue weighted by atomic mass is 32.2. The molecule has 0 amide bonds. The van der Waals surface area contributed by atoms with Gasteiger partial charge in [-0.1, -0.05) is 6.07 Å². The summed E-state index contributed by atoms with van der Waals surface area (Å²) in [5, 5.41) is 0. The van der Waals surface area contributed by atoms with Gasteiger partial charge in [-0.3, -0.25) is 4.79 Å². The molecule has 0 spiro atoms. The summed E-state index contributed by atoms with van der Waals surface area (Å²) in [6.07, 6.45) is 9.48. The van der Waals surface area contributed by atoms with E-state index in [-0.39, 0.29) is 23.7 Å². The molecule has 0 aromatic carbocycles. The number of sulfonamides is 1. The van der Waals surface area contributed by atoms with Crippen molar-refractivity contribution in [2.45, 2.75) is 82.6 Å². The van der Waals surface area contributed by atoms with Crippen molar-refractivity contribution in [1.82, 2.24) is 9.29 Å². The lowest BCUT2D eigenvalue weighted by molar-refractivity contribution is -0.0442. The zero-order valence-electron chi connectivity index (χ0n) is 18.0. The Bertz CT molecular complexity index is 901. The van der Waals surface area contributed by atoms with Gasteiger partial charge in [-0.2, -0.15) is 0 Å². The monoisotopic (exact) mass is 438 g/mol. The molecular weight excluding hydrogens is 404 g/mol. The number of nitrogens with one attached hydrogen (secondary N) is 1. The molecule has 2 atom stereocenters. The minimum Gasteiger partial charge on any atom is -0.378 e. The zero-order valence-corrected chi connectivity index (χ0v) is 18.8. The van der Waals surface area contributed by atoms with Crippen molar-refractivity contribution >= 4 is 10.0 Å². The lowest BCUT2D eigenvalue weighted by atomic mass is 9.94. The van der Waals surface area contributed by atoms with Crippen LogP contribution in [-0.2, 0) is 25.9 Å². The van der Waals surface area contributed by atoms with Crippen molar-refractivity contribution in [3.63, 3.8) is 0 Å². The first-order valence-corrected chi connectivity index (χ1v) is 13.1. The number of rotatable bonds is 8. The van der Waals surface area contributed by atoms with Crippen LogP contribution in [0.2, 0.25) is 0 Å². The molecule has 30 heavy (non-hydrogen) atoms. The zero-order chi connectivity index (χ0) is 21.3. The van der Waals surface area contributed by atoms with Crippen LogP contribution < -0.4 is 10.3 Å². The van der Waals surface area contributed by atoms with Gasteiger partial charge in [0, 0.05) is 23.9 Å². The van der Waals surface area contributed by atoms with Gasteiger partial charge in [-0.25, -0.2) is 13.1 Å². The second kappa shape index (κ2) is 9.10. The highest BCUT2D eigenvalue weighted by molar-refractivity contribution is 7.88. The van der Waals surface area contributed by atoms with Crippen LogP contribution in [0.15, 0.2) is 16.9 Å². The van der Waals surface area contributed by atoms with Gasteiger partial charge >= 0.3 is 0 Å². The van der Waals surface area contributed by atoms with Gasteiger partial charge in [0.15, 0.2) is 0 Å². The molecule has 1 aromatic rings. The van der Waals surface area contributed by atoms with E-state index in [9.17, 15) is 13.2 Å². The van der Waals surface area contributed by atoms with Gasteiger partial charge < -0.3 is 14.0 Å². The van der Waals surface area contributed by atoms with Crippen LogP contribution in [0.4, 0.5) is 0 Å². The number of fused-ring (bicyclic) bond motifs is 1. The molecule has 2 aliphatic carbocycles. The van der Waals surface area contributed by atoms with Crippen LogP contribution in [0.1, 0.15) is 62.2 Å². The van der Waals surface area contributed by atoms with Crippen molar-refractivity contribution in [2.24, 2.45) is 5.92 Å². The van der Waals surface area contributed by atoms with Gasteiger partial charge in [0.1, 0.15) is 0 Å². The quantitative estimate of drug-likeness (QED) is 0.673. The van der Waals surface area contributed by atoms with Crippen molar-refractivity contribution in [2.75, 3.05) is 19.5 Å². The molecule has 1 N–H and O–H groups in total. The predicted octanol–water partition coefficient (Wildman–Crippen LogP) is 2.32. The minimum atomic E-state index is -3.38. The van der Waals surface area contributed by atoms with E-state index in [1.807, 2.05) is 12.1 Å². The normalized spacial score (nSPS) is 29.5. The fourth-order valence-corrected chi connectivity index (χ4v) is 5.52. The maximum Gasteiger partial charge on any atom is 0.254 e. The van der Waals surface area contributed by atoms with E-state index in [1.165, 1.54) is 19.1 Å². The van der Waals surface area contributed by atoms with Crippen LogP contribution in [0.3, 0.4) is 0 Å². The molecule has 168 valence electrons. The van der Waals surface area contributed by atoms with E-state index >= 15 is 0 Å². The van der Waals surface area contributed by atoms with Crippen LogP contribution in [0.5, 0.6) is 0 Å². The van der Waals surface area contributed by atoms with E-state index in [4.69, 9.17) is 9.47 Å². The number of nitrogens with zero attached hydrogens (tertiary/aromatic N) is 1. The molecule has 8 heteroatoms. The maximum atomic E-state index is 12.9. The van der Waals surface area contributed by atoms with Crippen molar-refractivity contribution in [3.05, 3.63) is 33.7 Å². The summed E-state index contributed by atoms with van der Waals surface area (Å²) in [6.45, 7) is 3.03. The molecule has 2 saturated carbocycles. The maximum absolute atomic E-state index is 12.9. The van der Waals surface area contributed by atoms with E-state index in [0.29, 0.717) is 31.1 Å². The van der Waals surface area contributed by atoms with Crippen LogP contribution in [-0.4, -0.2) is 50.7 Å². The number of hydrogen-bond acceptors (Lipinski definition) is 5. The molecule has 0 saturated heterocycles. The average Bonchev–Trinajstić information content (AvgIpc) is 3.52. The third kappa shape index (κ3) is 5.52. The van der Waals surface area contributed by atoms with E-state index in [0.717, 1.165) is 43.9 Å². The second-order valence-corrected chi connectivity index (χ2v) is 11.1. The van der Waals surface area contributed by atoms with Crippen molar-refractivity contribution in [3.8, 4) is 0 Å². The Balaban J connectivity index is 1.41. The first-order chi connectivity index (χ1) is 14.3. The highest BCUT2D eigenvalue weighted by Crippen LogP contribution is 2.32. The standard InChI is InChI=1S/C22H34N2O5S/c1-15-3-6-17-7-12-20(23-30(2,26)27)21(24(17)22(15)25)14-29-19-10-8-18(9-11-19)28-13-16-4-5-16/h3,6,16,18-21,23H,4-5,7-14H2,1-2H3/t18?,19?,20-,21-/m0/s1. The Morgan fingerprint density at radius 2 is 1.63 bits per heavy atom. The molecule has 2 heterocycles. The van der Waals surface area contributed by atoms with E-state index in [1.54, 1.807) is 11.5 Å². The smallest absolute Gasteiger partial charge is 0.254 e. The lowest BCUT2D eigenvalue weighted by Gasteiger charge is -2.37. The molecule has 0 bridgehead atoms. The molecule has 1 aromatic heterocycles. The van der Waals surface area contributed by atoms with Gasteiger partial charge in [-0.05, 0) is 70.3 Å². The molecule has 3 aliphatic rings. The molecule has 1 aliphatic heterocycles. The summed E-state index contributed by atoms with van der Waals surface area (Å²) in [6, 6.07) is 3.15. The van der Waals surface area contributed by atoms with Crippen LogP contribution in [0, 0.1) is 12.8 Å². The highest BCUT2D eigenvalue weighted by Gasteiger charge is 2.34. The summed E-state index contributed by atoms with van der Waals surface area (Å²) >= 11 is 0. The van der Waals surface area contributed by atoms with E-state index in [2.05, 4.69) is 4.72 Å². The second-order valence-electron chi connectivity index (χ2n) is 9.29. The van der Waals surface area contributed by atoms with Gasteiger partial charge in [0.05, 0.1) is 31.1 Å².